The molecule has 0 aliphatic carbocycles. The highest BCUT2D eigenvalue weighted by atomic mass is 16.5. The summed E-state index contributed by atoms with van der Waals surface area (Å²) in [5.74, 6) is 1.91. The van der Waals surface area contributed by atoms with Crippen LogP contribution in [0, 0.1) is 6.92 Å². The number of anilines is 1. The molecule has 0 saturated heterocycles. The molecule has 0 amide bonds. The molecule has 1 aromatic carbocycles. The van der Waals surface area contributed by atoms with Crippen LogP contribution in [0.2, 0.25) is 0 Å². The minimum Gasteiger partial charge on any atom is -0.488 e. The maximum Gasteiger partial charge on any atom is 0.127 e. The maximum absolute atomic E-state index is 5.86. The monoisotopic (exact) mass is 273 g/mol. The van der Waals surface area contributed by atoms with E-state index in [1.54, 1.807) is 0 Å². The quantitative estimate of drug-likeness (QED) is 0.926. The van der Waals surface area contributed by atoms with Crippen LogP contribution < -0.4 is 10.1 Å². The van der Waals surface area contributed by atoms with E-state index in [9.17, 15) is 0 Å². The second kappa shape index (κ2) is 5.57. The van der Waals surface area contributed by atoms with Crippen LogP contribution in [0.4, 0.5) is 5.69 Å². The lowest BCUT2D eigenvalue weighted by molar-refractivity contribution is 0.131. The lowest BCUT2D eigenvalue weighted by atomic mass is 10.1. The SMILES string of the molecule is Cc1cc(OC(C)(C)C)ccc1NCc1nccn1C. The van der Waals surface area contributed by atoms with Gasteiger partial charge in [0.15, 0.2) is 0 Å². The van der Waals surface area contributed by atoms with Gasteiger partial charge in [0.2, 0.25) is 0 Å². The van der Waals surface area contributed by atoms with Crippen LogP contribution >= 0.6 is 0 Å². The Bertz CT molecular complexity index is 582. The molecule has 0 unspecified atom stereocenters. The second-order valence-corrected chi connectivity index (χ2v) is 6.00. The van der Waals surface area contributed by atoms with Crippen LogP contribution in [0.25, 0.3) is 0 Å². The van der Waals surface area contributed by atoms with Gasteiger partial charge in [-0.15, -0.1) is 0 Å². The molecule has 1 N–H and O–H groups in total. The van der Waals surface area contributed by atoms with Crippen molar-refractivity contribution in [3.63, 3.8) is 0 Å². The zero-order valence-corrected chi connectivity index (χ0v) is 12.9. The highest BCUT2D eigenvalue weighted by Crippen LogP contribution is 2.24. The van der Waals surface area contributed by atoms with Crippen LogP contribution in [0.1, 0.15) is 32.2 Å². The Labute approximate surface area is 120 Å². The van der Waals surface area contributed by atoms with E-state index in [-0.39, 0.29) is 5.60 Å². The summed E-state index contributed by atoms with van der Waals surface area (Å²) in [6.45, 7) is 8.95. The minimum absolute atomic E-state index is 0.172. The summed E-state index contributed by atoms with van der Waals surface area (Å²) in [5.41, 5.74) is 2.10. The molecule has 1 heterocycles. The molecular formula is C16H23N3O. The van der Waals surface area contributed by atoms with Crippen molar-refractivity contribution in [2.75, 3.05) is 5.32 Å². The van der Waals surface area contributed by atoms with Gasteiger partial charge in [0, 0.05) is 25.1 Å². The smallest absolute Gasteiger partial charge is 0.127 e. The molecule has 0 bridgehead atoms. The molecule has 0 saturated carbocycles. The predicted molar refractivity (Wildman–Crippen MR) is 82.1 cm³/mol. The fraction of sp³-hybridized carbons (Fsp3) is 0.438. The van der Waals surface area contributed by atoms with E-state index in [2.05, 4.69) is 50.1 Å². The van der Waals surface area contributed by atoms with Gasteiger partial charge in [0.05, 0.1) is 6.54 Å². The van der Waals surface area contributed by atoms with Crippen molar-refractivity contribution in [3.05, 3.63) is 42.0 Å². The fourth-order valence-electron chi connectivity index (χ4n) is 1.99. The molecule has 4 nitrogen and oxygen atoms in total. The summed E-state index contributed by atoms with van der Waals surface area (Å²) >= 11 is 0. The van der Waals surface area contributed by atoms with Crippen LogP contribution in [0.5, 0.6) is 5.75 Å². The number of aromatic nitrogens is 2. The average molecular weight is 273 g/mol. The van der Waals surface area contributed by atoms with Crippen LogP contribution in [0.15, 0.2) is 30.6 Å². The number of benzene rings is 1. The second-order valence-electron chi connectivity index (χ2n) is 6.00. The molecule has 0 spiro atoms. The number of ether oxygens (including phenoxy) is 1. The van der Waals surface area contributed by atoms with E-state index >= 15 is 0 Å². The fourth-order valence-corrected chi connectivity index (χ4v) is 1.99. The van der Waals surface area contributed by atoms with Gasteiger partial charge in [-0.2, -0.15) is 0 Å². The zero-order valence-electron chi connectivity index (χ0n) is 12.9. The number of nitrogens with one attached hydrogen (secondary N) is 1. The van der Waals surface area contributed by atoms with Gasteiger partial charge in [-0.1, -0.05) is 0 Å². The first-order valence-corrected chi connectivity index (χ1v) is 6.85. The van der Waals surface area contributed by atoms with Crippen molar-refractivity contribution in [1.29, 1.82) is 0 Å². The number of hydrogen-bond acceptors (Lipinski definition) is 3. The van der Waals surface area contributed by atoms with Crippen molar-refractivity contribution in [2.45, 2.75) is 39.8 Å². The molecule has 20 heavy (non-hydrogen) atoms. The number of imidazole rings is 1. The zero-order chi connectivity index (χ0) is 14.8. The van der Waals surface area contributed by atoms with Crippen molar-refractivity contribution in [1.82, 2.24) is 9.55 Å². The van der Waals surface area contributed by atoms with Gasteiger partial charge >= 0.3 is 0 Å². The molecule has 108 valence electrons. The molecule has 0 fully saturated rings. The van der Waals surface area contributed by atoms with Gasteiger partial charge < -0.3 is 14.6 Å². The third-order valence-corrected chi connectivity index (χ3v) is 2.98. The largest absolute Gasteiger partial charge is 0.488 e. The normalized spacial score (nSPS) is 11.4. The molecule has 2 rings (SSSR count). The Morgan fingerprint density at radius 1 is 1.30 bits per heavy atom. The molecule has 1 aromatic heterocycles. The molecule has 4 heteroatoms. The van der Waals surface area contributed by atoms with Gasteiger partial charge in [0.25, 0.3) is 0 Å². The Balaban J connectivity index is 2.05. The van der Waals surface area contributed by atoms with E-state index < -0.39 is 0 Å². The summed E-state index contributed by atoms with van der Waals surface area (Å²) in [7, 11) is 2.00. The van der Waals surface area contributed by atoms with Gasteiger partial charge in [-0.25, -0.2) is 4.98 Å². The number of rotatable bonds is 4. The highest BCUT2D eigenvalue weighted by Gasteiger charge is 2.12. The van der Waals surface area contributed by atoms with Crippen LogP contribution in [-0.2, 0) is 13.6 Å². The molecule has 2 aromatic rings. The average Bonchev–Trinajstić information content (AvgIpc) is 2.72. The molecular weight excluding hydrogens is 250 g/mol. The molecule has 0 aliphatic rings. The number of aryl methyl sites for hydroxylation is 2. The topological polar surface area (TPSA) is 39.1 Å². The Hall–Kier alpha value is -1.97. The summed E-state index contributed by atoms with van der Waals surface area (Å²) in [5, 5.41) is 3.41. The van der Waals surface area contributed by atoms with Crippen molar-refractivity contribution < 1.29 is 4.74 Å². The van der Waals surface area contributed by atoms with Gasteiger partial charge in [-0.05, 0) is 51.5 Å². The van der Waals surface area contributed by atoms with Crippen molar-refractivity contribution >= 4 is 5.69 Å². The Morgan fingerprint density at radius 2 is 2.05 bits per heavy atom. The third-order valence-electron chi connectivity index (χ3n) is 2.98. The first-order valence-electron chi connectivity index (χ1n) is 6.85. The molecule has 0 atom stereocenters. The standard InChI is InChI=1S/C16H23N3O/c1-12-10-13(20-16(2,3)4)6-7-14(12)18-11-15-17-8-9-19(15)5/h6-10,18H,11H2,1-5H3. The lowest BCUT2D eigenvalue weighted by Crippen LogP contribution is -2.23. The van der Waals surface area contributed by atoms with E-state index in [4.69, 9.17) is 4.74 Å². The van der Waals surface area contributed by atoms with E-state index in [1.165, 1.54) is 5.56 Å². The first kappa shape index (κ1) is 14.4. The van der Waals surface area contributed by atoms with Gasteiger partial charge in [0.1, 0.15) is 17.2 Å². The highest BCUT2D eigenvalue weighted by molar-refractivity contribution is 5.53. The van der Waals surface area contributed by atoms with Crippen LogP contribution in [0.3, 0.4) is 0 Å². The number of hydrogen-bond donors (Lipinski definition) is 1. The minimum atomic E-state index is -0.172. The Morgan fingerprint density at radius 3 is 2.60 bits per heavy atom. The molecule has 0 aliphatic heterocycles. The third kappa shape index (κ3) is 3.76. The van der Waals surface area contributed by atoms with E-state index in [0.717, 1.165) is 17.3 Å². The first-order chi connectivity index (χ1) is 9.35. The summed E-state index contributed by atoms with van der Waals surface area (Å²) in [6, 6.07) is 6.12. The van der Waals surface area contributed by atoms with E-state index in [0.29, 0.717) is 6.54 Å². The molecule has 0 radical (unpaired) electrons. The van der Waals surface area contributed by atoms with Gasteiger partial charge in [-0.3, -0.25) is 0 Å². The lowest BCUT2D eigenvalue weighted by Gasteiger charge is -2.22. The van der Waals surface area contributed by atoms with E-state index in [1.807, 2.05) is 30.1 Å². The van der Waals surface area contributed by atoms with Crippen molar-refractivity contribution in [2.24, 2.45) is 7.05 Å². The van der Waals surface area contributed by atoms with Crippen molar-refractivity contribution in [3.8, 4) is 5.75 Å². The summed E-state index contributed by atoms with van der Waals surface area (Å²) in [4.78, 5) is 4.30. The maximum atomic E-state index is 5.86. The predicted octanol–water partition coefficient (Wildman–Crippen LogP) is 3.52. The van der Waals surface area contributed by atoms with Crippen LogP contribution in [-0.4, -0.2) is 15.2 Å². The summed E-state index contributed by atoms with van der Waals surface area (Å²) < 4.78 is 7.88. The summed E-state index contributed by atoms with van der Waals surface area (Å²) in [6.07, 6.45) is 3.76. The Kier molecular flexibility index (Phi) is 4.02. The number of nitrogens with zero attached hydrogens (tertiary/aromatic N) is 2.